The van der Waals surface area contributed by atoms with E-state index in [4.69, 9.17) is 10.5 Å². The molecule has 4 rings (SSSR count). The smallest absolute Gasteiger partial charge is 0.259 e. The van der Waals surface area contributed by atoms with E-state index in [1.165, 1.54) is 18.3 Å². The van der Waals surface area contributed by atoms with Gasteiger partial charge >= 0.3 is 0 Å². The van der Waals surface area contributed by atoms with Crippen LogP contribution in [-0.2, 0) is 0 Å². The maximum atomic E-state index is 14.1. The second-order valence-corrected chi connectivity index (χ2v) is 8.18. The summed E-state index contributed by atoms with van der Waals surface area (Å²) in [7, 11) is 0. The molecule has 2 heterocycles. The summed E-state index contributed by atoms with van der Waals surface area (Å²) in [5.41, 5.74) is 0.726. The molecule has 1 saturated heterocycles. The van der Waals surface area contributed by atoms with Crippen LogP contribution in [0.25, 0.3) is 0 Å². The molecule has 0 saturated carbocycles. The molecule has 1 fully saturated rings. The molecule has 8 heteroatoms. The number of aromatic nitrogens is 1. The second kappa shape index (κ2) is 9.95. The number of hydrogen-bond donors (Lipinski definition) is 4. The van der Waals surface area contributed by atoms with E-state index >= 15 is 0 Å². The lowest BCUT2D eigenvalue weighted by molar-refractivity contribution is 0.240. The Labute approximate surface area is 190 Å². The fourth-order valence-corrected chi connectivity index (χ4v) is 4.23. The monoisotopic (exact) mass is 452 g/mol. The van der Waals surface area contributed by atoms with E-state index in [-0.39, 0.29) is 29.3 Å². The summed E-state index contributed by atoms with van der Waals surface area (Å²) in [6.07, 6.45) is 4.25. The zero-order chi connectivity index (χ0) is 23.4. The summed E-state index contributed by atoms with van der Waals surface area (Å²) in [6.45, 7) is 2.03. The van der Waals surface area contributed by atoms with Crippen LogP contribution >= 0.6 is 0 Å². The van der Waals surface area contributed by atoms with Gasteiger partial charge in [0, 0.05) is 37.1 Å². The molecule has 4 N–H and O–H groups in total. The summed E-state index contributed by atoms with van der Waals surface area (Å²) >= 11 is 0. The number of aromatic amines is 1. The topological polar surface area (TPSA) is 92.2 Å². The van der Waals surface area contributed by atoms with Crippen LogP contribution in [0.15, 0.2) is 59.5 Å². The summed E-state index contributed by atoms with van der Waals surface area (Å²) in [4.78, 5) is 17.4. The van der Waals surface area contributed by atoms with Crippen LogP contribution < -0.4 is 15.8 Å². The first kappa shape index (κ1) is 22.7. The third kappa shape index (κ3) is 4.96. The maximum absolute atomic E-state index is 14.1. The minimum Gasteiger partial charge on any atom is -0.396 e. The molecule has 172 valence electrons. The Balaban J connectivity index is 1.56. The number of piperidine rings is 1. The molecule has 1 aliphatic rings. The van der Waals surface area contributed by atoms with Crippen molar-refractivity contribution in [2.75, 3.05) is 29.9 Å². The van der Waals surface area contributed by atoms with Gasteiger partial charge in [0.05, 0.1) is 17.0 Å². The Hall–Kier alpha value is -3.52. The largest absolute Gasteiger partial charge is 0.396 e. The van der Waals surface area contributed by atoms with Crippen molar-refractivity contribution in [3.8, 4) is 0 Å². The van der Waals surface area contributed by atoms with Gasteiger partial charge in [-0.15, -0.1) is 0 Å². The van der Waals surface area contributed by atoms with Crippen molar-refractivity contribution in [3.05, 3.63) is 87.8 Å². The number of aliphatic hydroxyl groups excluding tert-OH is 1. The number of nitrogens with one attached hydrogen (secondary N) is 3. The molecule has 3 aromatic rings. The third-order valence-electron chi connectivity index (χ3n) is 6.11. The highest BCUT2D eigenvalue weighted by atomic mass is 19.1. The standard InChI is InChI=1S/C25H26F2N4O2/c26-19-2-1-3-20(27)24(19)30-21-8-12-29-25(33)22(21)23(28)17-4-6-18(7-5-17)31-13-9-16(10-14-31)11-15-32/h1-8,12,16,28,32H,9-11,13-15H2,(H2,29,30,33). The molecule has 0 unspecified atom stereocenters. The van der Waals surface area contributed by atoms with E-state index in [0.29, 0.717) is 11.5 Å². The van der Waals surface area contributed by atoms with Crippen LogP contribution in [0.2, 0.25) is 0 Å². The minimum absolute atomic E-state index is 0.00211. The summed E-state index contributed by atoms with van der Waals surface area (Å²) in [5, 5.41) is 20.4. The van der Waals surface area contributed by atoms with E-state index < -0.39 is 17.2 Å². The number of anilines is 3. The van der Waals surface area contributed by atoms with Gasteiger partial charge in [0.15, 0.2) is 0 Å². The van der Waals surface area contributed by atoms with Gasteiger partial charge in [0.25, 0.3) is 5.56 Å². The molecule has 0 atom stereocenters. The van der Waals surface area contributed by atoms with Crippen molar-refractivity contribution in [2.45, 2.75) is 19.3 Å². The lowest BCUT2D eigenvalue weighted by Crippen LogP contribution is -2.33. The number of para-hydroxylation sites is 1. The Bertz CT molecular complexity index is 1170. The maximum Gasteiger partial charge on any atom is 0.259 e. The van der Waals surface area contributed by atoms with Crippen LogP contribution in [-0.4, -0.2) is 35.5 Å². The zero-order valence-electron chi connectivity index (χ0n) is 18.1. The molecule has 0 aliphatic carbocycles. The summed E-state index contributed by atoms with van der Waals surface area (Å²) < 4.78 is 28.2. The lowest BCUT2D eigenvalue weighted by atomic mass is 9.93. The molecule has 33 heavy (non-hydrogen) atoms. The van der Waals surface area contributed by atoms with Crippen LogP contribution in [0.3, 0.4) is 0 Å². The Kier molecular flexibility index (Phi) is 6.84. The number of pyridine rings is 1. The van der Waals surface area contributed by atoms with Crippen molar-refractivity contribution in [1.82, 2.24) is 4.98 Å². The summed E-state index contributed by atoms with van der Waals surface area (Å²) in [6, 6.07) is 12.3. The molecule has 1 aliphatic heterocycles. The molecular formula is C25H26F2N4O2. The van der Waals surface area contributed by atoms with Crippen LogP contribution in [0.5, 0.6) is 0 Å². The van der Waals surface area contributed by atoms with E-state index in [2.05, 4.69) is 15.2 Å². The quantitative estimate of drug-likeness (QED) is 0.400. The average molecular weight is 453 g/mol. The van der Waals surface area contributed by atoms with Gasteiger partial charge in [-0.3, -0.25) is 10.2 Å². The van der Waals surface area contributed by atoms with Crippen LogP contribution in [0, 0.1) is 23.0 Å². The fraction of sp³-hybridized carbons (Fsp3) is 0.280. The molecule has 1 aromatic heterocycles. The van der Waals surface area contributed by atoms with Gasteiger partial charge in [-0.05, 0) is 55.5 Å². The second-order valence-electron chi connectivity index (χ2n) is 8.18. The van der Waals surface area contributed by atoms with Gasteiger partial charge in [-0.2, -0.15) is 0 Å². The van der Waals surface area contributed by atoms with Crippen molar-refractivity contribution in [1.29, 1.82) is 5.41 Å². The van der Waals surface area contributed by atoms with E-state index in [0.717, 1.165) is 50.2 Å². The number of aliphatic hydroxyl groups is 1. The first-order valence-electron chi connectivity index (χ1n) is 11.0. The lowest BCUT2D eigenvalue weighted by Gasteiger charge is -2.33. The normalized spacial score (nSPS) is 14.3. The van der Waals surface area contributed by atoms with Crippen molar-refractivity contribution in [3.63, 3.8) is 0 Å². The number of H-pyrrole nitrogens is 1. The van der Waals surface area contributed by atoms with Crippen molar-refractivity contribution < 1.29 is 13.9 Å². The number of rotatable bonds is 7. The minimum atomic E-state index is -0.792. The van der Waals surface area contributed by atoms with Gasteiger partial charge in [-0.25, -0.2) is 8.78 Å². The molecule has 0 bridgehead atoms. The Morgan fingerprint density at radius 1 is 1.09 bits per heavy atom. The average Bonchev–Trinajstić information content (AvgIpc) is 2.82. The Morgan fingerprint density at radius 3 is 2.39 bits per heavy atom. The third-order valence-corrected chi connectivity index (χ3v) is 6.11. The zero-order valence-corrected chi connectivity index (χ0v) is 18.1. The highest BCUT2D eigenvalue weighted by Crippen LogP contribution is 2.27. The number of nitrogens with zero attached hydrogens (tertiary/aromatic N) is 1. The van der Waals surface area contributed by atoms with Crippen molar-refractivity contribution in [2.24, 2.45) is 5.92 Å². The number of halogens is 2. The number of hydrogen-bond acceptors (Lipinski definition) is 5. The van der Waals surface area contributed by atoms with Crippen LogP contribution in [0.4, 0.5) is 25.8 Å². The predicted molar refractivity (Wildman–Crippen MR) is 126 cm³/mol. The van der Waals surface area contributed by atoms with Crippen LogP contribution in [0.1, 0.15) is 30.4 Å². The molecule has 0 radical (unpaired) electrons. The van der Waals surface area contributed by atoms with Gasteiger partial charge in [-0.1, -0.05) is 18.2 Å². The fourth-order valence-electron chi connectivity index (χ4n) is 4.23. The van der Waals surface area contributed by atoms with Gasteiger partial charge in [0.2, 0.25) is 0 Å². The van der Waals surface area contributed by atoms with Crippen molar-refractivity contribution >= 4 is 22.8 Å². The molecule has 2 aromatic carbocycles. The highest BCUT2D eigenvalue weighted by Gasteiger charge is 2.20. The van der Waals surface area contributed by atoms with E-state index in [1.807, 2.05) is 12.1 Å². The highest BCUT2D eigenvalue weighted by molar-refractivity contribution is 6.14. The molecular weight excluding hydrogens is 426 g/mol. The first-order valence-corrected chi connectivity index (χ1v) is 11.0. The SMILES string of the molecule is N=C(c1ccc(N2CCC(CCO)CC2)cc1)c1c(Nc2c(F)cccc2F)cc[nH]c1=O. The summed E-state index contributed by atoms with van der Waals surface area (Å²) in [5.74, 6) is -1.03. The predicted octanol–water partition coefficient (Wildman–Crippen LogP) is 4.41. The van der Waals surface area contributed by atoms with Gasteiger partial charge < -0.3 is 20.3 Å². The molecule has 6 nitrogen and oxygen atoms in total. The van der Waals surface area contributed by atoms with E-state index in [1.54, 1.807) is 12.1 Å². The molecule has 0 spiro atoms. The van der Waals surface area contributed by atoms with E-state index in [9.17, 15) is 13.6 Å². The first-order chi connectivity index (χ1) is 16.0. The number of benzene rings is 2. The molecule has 0 amide bonds. The van der Waals surface area contributed by atoms with Gasteiger partial charge in [0.1, 0.15) is 17.3 Å². The Morgan fingerprint density at radius 2 is 1.76 bits per heavy atom.